The predicted molar refractivity (Wildman–Crippen MR) is 115 cm³/mol. The van der Waals surface area contributed by atoms with Gasteiger partial charge in [-0.1, -0.05) is 6.92 Å². The zero-order valence-electron chi connectivity index (χ0n) is 18.2. The van der Waals surface area contributed by atoms with E-state index in [1.54, 1.807) is 27.9 Å². The number of rotatable bonds is 8. The summed E-state index contributed by atoms with van der Waals surface area (Å²) in [6, 6.07) is 0.365. The molecule has 0 aromatic carbocycles. The second kappa shape index (κ2) is 9.69. The van der Waals surface area contributed by atoms with Crippen LogP contribution >= 0.6 is 11.3 Å². The molecule has 0 saturated carbocycles. The van der Waals surface area contributed by atoms with Gasteiger partial charge in [-0.05, 0) is 37.7 Å². The minimum Gasteiger partial charge on any atom is -0.462 e. The molecule has 168 valence electrons. The minimum atomic E-state index is -0.899. The van der Waals surface area contributed by atoms with Crippen LogP contribution < -0.4 is 5.32 Å². The Hall–Kier alpha value is -3.28. The first-order valence-electron chi connectivity index (χ1n) is 9.53. The van der Waals surface area contributed by atoms with Crippen molar-refractivity contribution in [3.05, 3.63) is 37.9 Å². The molecule has 1 N–H and O–H groups in total. The lowest BCUT2D eigenvalue weighted by Gasteiger charge is -2.12. The van der Waals surface area contributed by atoms with Gasteiger partial charge in [-0.15, -0.1) is 11.3 Å². The molecule has 11 nitrogen and oxygen atoms in total. The molecule has 2 amide bonds. The Bertz CT molecular complexity index is 1030. The number of hydrogen-bond acceptors (Lipinski definition) is 8. The topological polar surface area (TPSA) is 137 Å². The summed E-state index contributed by atoms with van der Waals surface area (Å²) in [7, 11) is 3.18. The number of carbonyl (C=O) groups is 3. The molecule has 31 heavy (non-hydrogen) atoms. The summed E-state index contributed by atoms with van der Waals surface area (Å²) in [6.07, 6.45) is 0.620. The number of amides is 2. The largest absolute Gasteiger partial charge is 0.462 e. The third kappa shape index (κ3) is 5.08. The number of anilines is 1. The van der Waals surface area contributed by atoms with Crippen molar-refractivity contribution in [3.8, 4) is 0 Å². The van der Waals surface area contributed by atoms with Gasteiger partial charge in [-0.2, -0.15) is 4.68 Å². The van der Waals surface area contributed by atoms with E-state index in [1.807, 2.05) is 6.92 Å². The zero-order chi connectivity index (χ0) is 23.5. The van der Waals surface area contributed by atoms with Crippen molar-refractivity contribution in [2.24, 2.45) is 0 Å². The van der Waals surface area contributed by atoms with Gasteiger partial charge in [0.2, 0.25) is 0 Å². The zero-order valence-corrected chi connectivity index (χ0v) is 19.0. The van der Waals surface area contributed by atoms with Crippen LogP contribution in [0.25, 0.3) is 0 Å². The number of carbonyl (C=O) groups excluding carboxylic acids is 3. The molecule has 2 aromatic heterocycles. The number of thiophene rings is 1. The molecule has 12 heteroatoms. The van der Waals surface area contributed by atoms with Crippen molar-refractivity contribution in [2.45, 2.75) is 40.2 Å². The van der Waals surface area contributed by atoms with E-state index in [2.05, 4.69) is 10.4 Å². The predicted octanol–water partition coefficient (Wildman–Crippen LogP) is 2.94. The van der Waals surface area contributed by atoms with Gasteiger partial charge in [-0.3, -0.25) is 9.59 Å². The van der Waals surface area contributed by atoms with Gasteiger partial charge in [0, 0.05) is 14.1 Å². The van der Waals surface area contributed by atoms with Crippen molar-refractivity contribution < 1.29 is 24.0 Å². The van der Waals surface area contributed by atoms with Gasteiger partial charge in [0.25, 0.3) is 11.8 Å². The molecule has 1 atom stereocenters. The van der Waals surface area contributed by atoms with E-state index in [0.717, 1.165) is 11.3 Å². The lowest BCUT2D eigenvalue weighted by atomic mass is 10.1. The molecular weight excluding hydrogens is 426 g/mol. The summed E-state index contributed by atoms with van der Waals surface area (Å²) in [6.45, 7) is 6.80. The smallest absolute Gasteiger partial charge is 0.390 e. The fourth-order valence-corrected chi connectivity index (χ4v) is 4.02. The standard InChI is InChI=1S/C19H25N5O6S/c1-7-8-30-19(27)14-11(3)15(18(26)22(5)6)31-17(14)20-16(25)12(4)23-10(2)9-13(21-23)24(28)29/h9,12H,7-8H2,1-6H3,(H,20,25). The van der Waals surface area contributed by atoms with Crippen LogP contribution in [0, 0.1) is 24.0 Å². The van der Waals surface area contributed by atoms with Crippen LogP contribution in [0.4, 0.5) is 10.8 Å². The molecule has 1 unspecified atom stereocenters. The minimum absolute atomic E-state index is 0.118. The molecule has 2 rings (SSSR count). The number of nitro groups is 1. The summed E-state index contributed by atoms with van der Waals surface area (Å²) < 4.78 is 6.46. The van der Waals surface area contributed by atoms with Crippen molar-refractivity contribution in [1.29, 1.82) is 0 Å². The summed E-state index contributed by atoms with van der Waals surface area (Å²) in [5.74, 6) is -1.86. The Morgan fingerprint density at radius 2 is 2.00 bits per heavy atom. The first kappa shape index (κ1) is 24.0. The number of ether oxygens (including phenoxy) is 1. The quantitative estimate of drug-likeness (QED) is 0.370. The maximum atomic E-state index is 12.9. The van der Waals surface area contributed by atoms with E-state index in [-0.39, 0.29) is 28.9 Å². The van der Waals surface area contributed by atoms with Crippen molar-refractivity contribution >= 4 is 39.9 Å². The second-order valence-electron chi connectivity index (χ2n) is 7.11. The number of esters is 1. The average molecular weight is 452 g/mol. The monoisotopic (exact) mass is 451 g/mol. The average Bonchev–Trinajstić information content (AvgIpc) is 3.25. The Morgan fingerprint density at radius 3 is 2.52 bits per heavy atom. The van der Waals surface area contributed by atoms with Gasteiger partial charge in [0.15, 0.2) is 0 Å². The van der Waals surface area contributed by atoms with E-state index in [1.165, 1.54) is 22.6 Å². The SMILES string of the molecule is CCCOC(=O)c1c(NC(=O)C(C)n2nc([N+](=O)[O-])cc2C)sc(C(=O)N(C)C)c1C. The van der Waals surface area contributed by atoms with Crippen molar-refractivity contribution in [3.63, 3.8) is 0 Å². The molecule has 0 radical (unpaired) electrons. The molecule has 0 aliphatic rings. The summed E-state index contributed by atoms with van der Waals surface area (Å²) >= 11 is 0.978. The number of nitrogens with one attached hydrogen (secondary N) is 1. The summed E-state index contributed by atoms with van der Waals surface area (Å²) in [4.78, 5) is 50.0. The van der Waals surface area contributed by atoms with E-state index in [4.69, 9.17) is 4.74 Å². The Balaban J connectivity index is 2.41. The molecule has 2 aromatic rings. The highest BCUT2D eigenvalue weighted by atomic mass is 32.1. The molecular formula is C19H25N5O6S. The van der Waals surface area contributed by atoms with E-state index >= 15 is 0 Å². The third-order valence-corrected chi connectivity index (χ3v) is 5.66. The van der Waals surface area contributed by atoms with Crippen LogP contribution in [0.5, 0.6) is 0 Å². The fraction of sp³-hybridized carbons (Fsp3) is 0.474. The first-order chi connectivity index (χ1) is 14.5. The van der Waals surface area contributed by atoms with Crippen LogP contribution in [0.15, 0.2) is 6.07 Å². The Labute approximate surface area is 183 Å². The maximum absolute atomic E-state index is 12.9. The van der Waals surface area contributed by atoms with E-state index < -0.39 is 22.8 Å². The normalized spacial score (nSPS) is 11.7. The van der Waals surface area contributed by atoms with Crippen molar-refractivity contribution in [1.82, 2.24) is 14.7 Å². The molecule has 0 spiro atoms. The van der Waals surface area contributed by atoms with Gasteiger partial charge in [-0.25, -0.2) is 4.79 Å². The van der Waals surface area contributed by atoms with Crippen LogP contribution in [-0.4, -0.2) is 58.1 Å². The van der Waals surface area contributed by atoms with Gasteiger partial charge in [0.05, 0.1) is 33.9 Å². The first-order valence-corrected chi connectivity index (χ1v) is 10.3. The highest BCUT2D eigenvalue weighted by Gasteiger charge is 2.30. The van der Waals surface area contributed by atoms with Crippen LogP contribution in [-0.2, 0) is 9.53 Å². The lowest BCUT2D eigenvalue weighted by Crippen LogP contribution is -2.25. The highest BCUT2D eigenvalue weighted by molar-refractivity contribution is 7.18. The molecule has 0 aliphatic heterocycles. The molecule has 0 saturated heterocycles. The lowest BCUT2D eigenvalue weighted by molar-refractivity contribution is -0.389. The molecule has 2 heterocycles. The fourth-order valence-electron chi connectivity index (χ4n) is 2.80. The summed E-state index contributed by atoms with van der Waals surface area (Å²) in [5, 5.41) is 17.7. The van der Waals surface area contributed by atoms with Crippen LogP contribution in [0.3, 0.4) is 0 Å². The van der Waals surface area contributed by atoms with Crippen molar-refractivity contribution in [2.75, 3.05) is 26.0 Å². The van der Waals surface area contributed by atoms with Gasteiger partial charge < -0.3 is 25.1 Å². The number of hydrogen-bond donors (Lipinski definition) is 1. The van der Waals surface area contributed by atoms with Gasteiger partial charge >= 0.3 is 11.8 Å². The molecule has 0 bridgehead atoms. The maximum Gasteiger partial charge on any atom is 0.390 e. The Kier molecular flexibility index (Phi) is 7.50. The van der Waals surface area contributed by atoms with E-state index in [0.29, 0.717) is 22.6 Å². The number of aromatic nitrogens is 2. The van der Waals surface area contributed by atoms with Gasteiger partial charge in [0.1, 0.15) is 11.0 Å². The highest BCUT2D eigenvalue weighted by Crippen LogP contribution is 2.35. The molecule has 0 aliphatic carbocycles. The number of aryl methyl sites for hydroxylation is 1. The summed E-state index contributed by atoms with van der Waals surface area (Å²) in [5.41, 5.74) is 0.966. The second-order valence-corrected chi connectivity index (χ2v) is 8.13. The molecule has 0 fully saturated rings. The van der Waals surface area contributed by atoms with Crippen LogP contribution in [0.1, 0.15) is 57.6 Å². The van der Waals surface area contributed by atoms with Crippen LogP contribution in [0.2, 0.25) is 0 Å². The van der Waals surface area contributed by atoms with E-state index in [9.17, 15) is 24.5 Å². The third-order valence-electron chi connectivity index (χ3n) is 4.47. The Morgan fingerprint density at radius 1 is 1.35 bits per heavy atom. The number of nitrogens with zero attached hydrogens (tertiary/aromatic N) is 4.